The van der Waals surface area contributed by atoms with Gasteiger partial charge in [-0.2, -0.15) is 0 Å². The molecule has 0 aliphatic heterocycles. The molecule has 0 unspecified atom stereocenters. The number of nitrogens with zero attached hydrogens (tertiary/aromatic N) is 2. The second-order valence-electron chi connectivity index (χ2n) is 3.49. The second-order valence-corrected chi connectivity index (χ2v) is 5.73. The summed E-state index contributed by atoms with van der Waals surface area (Å²) in [6, 6.07) is 3.13. The van der Waals surface area contributed by atoms with E-state index in [0.717, 1.165) is 16.5 Å². The largest absolute Gasteiger partial charge is 0.398 e. The Bertz CT molecular complexity index is 522. The van der Waals surface area contributed by atoms with E-state index < -0.39 is 0 Å². The maximum absolute atomic E-state index is 11.5. The smallest absolute Gasteiger partial charge is 0.250 e. The van der Waals surface area contributed by atoms with Crippen molar-refractivity contribution in [2.24, 2.45) is 0 Å². The van der Waals surface area contributed by atoms with E-state index in [-0.39, 0.29) is 5.56 Å². The SMILES string of the molecule is Nc1ccc(=O)n(CCCSc2nccs2)c1. The molecule has 0 spiro atoms. The fourth-order valence-corrected chi connectivity index (χ4v) is 3.03. The molecule has 90 valence electrons. The highest BCUT2D eigenvalue weighted by molar-refractivity contribution is 8.00. The molecule has 0 radical (unpaired) electrons. The van der Waals surface area contributed by atoms with Crippen LogP contribution in [-0.2, 0) is 6.54 Å². The van der Waals surface area contributed by atoms with Gasteiger partial charge in [0, 0.05) is 41.8 Å². The quantitative estimate of drug-likeness (QED) is 0.665. The van der Waals surface area contributed by atoms with Crippen molar-refractivity contribution >= 4 is 28.8 Å². The molecule has 0 aliphatic carbocycles. The zero-order valence-electron chi connectivity index (χ0n) is 9.20. The first-order valence-electron chi connectivity index (χ1n) is 5.24. The number of aryl methyl sites for hydroxylation is 1. The van der Waals surface area contributed by atoms with Crippen molar-refractivity contribution in [3.63, 3.8) is 0 Å². The monoisotopic (exact) mass is 267 g/mol. The molecule has 2 rings (SSSR count). The van der Waals surface area contributed by atoms with E-state index in [1.54, 1.807) is 46.1 Å². The molecule has 6 heteroatoms. The molecule has 17 heavy (non-hydrogen) atoms. The normalized spacial score (nSPS) is 10.6. The molecule has 2 N–H and O–H groups in total. The summed E-state index contributed by atoms with van der Waals surface area (Å²) in [6.07, 6.45) is 4.42. The summed E-state index contributed by atoms with van der Waals surface area (Å²) in [4.78, 5) is 15.7. The molecule has 2 heterocycles. The fraction of sp³-hybridized carbons (Fsp3) is 0.273. The number of anilines is 1. The molecule has 4 nitrogen and oxygen atoms in total. The number of hydrogen-bond donors (Lipinski definition) is 1. The first-order chi connectivity index (χ1) is 8.25. The average molecular weight is 267 g/mol. The standard InChI is InChI=1S/C11H13N3OS2/c12-9-2-3-10(15)14(8-9)5-1-6-16-11-13-4-7-17-11/h2-4,7-8H,1,5-6,12H2. The van der Waals surface area contributed by atoms with Crippen LogP contribution >= 0.6 is 23.1 Å². The highest BCUT2D eigenvalue weighted by Crippen LogP contribution is 2.20. The lowest BCUT2D eigenvalue weighted by molar-refractivity contribution is 0.660. The Balaban J connectivity index is 1.82. The molecule has 0 aromatic carbocycles. The summed E-state index contributed by atoms with van der Waals surface area (Å²) in [7, 11) is 0. The maximum atomic E-state index is 11.5. The highest BCUT2D eigenvalue weighted by atomic mass is 32.2. The Morgan fingerprint density at radius 2 is 2.35 bits per heavy atom. The third kappa shape index (κ3) is 3.61. The van der Waals surface area contributed by atoms with Gasteiger partial charge in [0.2, 0.25) is 0 Å². The van der Waals surface area contributed by atoms with Crippen LogP contribution < -0.4 is 11.3 Å². The minimum Gasteiger partial charge on any atom is -0.398 e. The fourth-order valence-electron chi connectivity index (χ4n) is 1.40. The molecular weight excluding hydrogens is 254 g/mol. The van der Waals surface area contributed by atoms with Crippen molar-refractivity contribution in [1.29, 1.82) is 0 Å². The number of nitrogens with two attached hydrogens (primary N) is 1. The van der Waals surface area contributed by atoms with E-state index in [2.05, 4.69) is 4.98 Å². The van der Waals surface area contributed by atoms with Crippen molar-refractivity contribution in [2.45, 2.75) is 17.3 Å². The van der Waals surface area contributed by atoms with Crippen LogP contribution in [0, 0.1) is 0 Å². The first-order valence-corrected chi connectivity index (χ1v) is 7.10. The van der Waals surface area contributed by atoms with E-state index in [1.807, 2.05) is 5.38 Å². The van der Waals surface area contributed by atoms with Crippen LogP contribution in [0.25, 0.3) is 0 Å². The molecule has 0 fully saturated rings. The highest BCUT2D eigenvalue weighted by Gasteiger charge is 1.99. The number of hydrogen-bond acceptors (Lipinski definition) is 5. The van der Waals surface area contributed by atoms with E-state index in [4.69, 9.17) is 5.73 Å². The second kappa shape index (κ2) is 5.88. The van der Waals surface area contributed by atoms with Crippen LogP contribution in [0.4, 0.5) is 5.69 Å². The van der Waals surface area contributed by atoms with E-state index in [9.17, 15) is 4.79 Å². The Labute approximate surface area is 107 Å². The first kappa shape index (κ1) is 12.2. The van der Waals surface area contributed by atoms with E-state index >= 15 is 0 Å². The van der Waals surface area contributed by atoms with Gasteiger partial charge in [-0.25, -0.2) is 4.98 Å². The van der Waals surface area contributed by atoms with Gasteiger partial charge in [0.15, 0.2) is 0 Å². The van der Waals surface area contributed by atoms with Crippen molar-refractivity contribution in [1.82, 2.24) is 9.55 Å². The molecule has 0 aliphatic rings. The van der Waals surface area contributed by atoms with Crippen molar-refractivity contribution in [3.05, 3.63) is 40.3 Å². The van der Waals surface area contributed by atoms with Crippen LogP contribution in [-0.4, -0.2) is 15.3 Å². The summed E-state index contributed by atoms with van der Waals surface area (Å²) >= 11 is 3.36. The van der Waals surface area contributed by atoms with Crippen LogP contribution in [0.3, 0.4) is 0 Å². The molecule has 0 atom stereocenters. The summed E-state index contributed by atoms with van der Waals surface area (Å²) in [5.74, 6) is 0.953. The number of rotatable bonds is 5. The van der Waals surface area contributed by atoms with Gasteiger partial charge in [-0.1, -0.05) is 11.8 Å². The van der Waals surface area contributed by atoms with Crippen molar-refractivity contribution in [2.75, 3.05) is 11.5 Å². The summed E-state index contributed by atoms with van der Waals surface area (Å²) in [5.41, 5.74) is 6.26. The van der Waals surface area contributed by atoms with Gasteiger partial charge in [-0.05, 0) is 12.5 Å². The van der Waals surface area contributed by atoms with E-state index in [0.29, 0.717) is 12.2 Å². The molecular formula is C11H13N3OS2. The Kier molecular flexibility index (Phi) is 4.22. The minimum absolute atomic E-state index is 0.00144. The third-order valence-corrected chi connectivity index (χ3v) is 4.24. The number of thiazole rings is 1. The molecule has 2 aromatic heterocycles. The predicted molar refractivity (Wildman–Crippen MR) is 72.6 cm³/mol. The van der Waals surface area contributed by atoms with Crippen LogP contribution in [0.2, 0.25) is 0 Å². The Morgan fingerprint density at radius 3 is 3.12 bits per heavy atom. The lowest BCUT2D eigenvalue weighted by Gasteiger charge is -2.05. The molecule has 0 amide bonds. The zero-order valence-corrected chi connectivity index (χ0v) is 10.8. The average Bonchev–Trinajstić information content (AvgIpc) is 2.82. The lowest BCUT2D eigenvalue weighted by Crippen LogP contribution is -2.19. The molecule has 0 saturated heterocycles. The summed E-state index contributed by atoms with van der Waals surface area (Å²) in [5, 5.41) is 1.96. The van der Waals surface area contributed by atoms with E-state index in [1.165, 1.54) is 6.07 Å². The topological polar surface area (TPSA) is 60.9 Å². The number of pyridine rings is 1. The number of thioether (sulfide) groups is 1. The van der Waals surface area contributed by atoms with Gasteiger partial charge in [-0.3, -0.25) is 4.79 Å². The van der Waals surface area contributed by atoms with Gasteiger partial charge < -0.3 is 10.3 Å². The molecule has 0 saturated carbocycles. The van der Waals surface area contributed by atoms with Crippen LogP contribution in [0.1, 0.15) is 6.42 Å². The molecule has 2 aromatic rings. The van der Waals surface area contributed by atoms with Crippen LogP contribution in [0.5, 0.6) is 0 Å². The summed E-state index contributed by atoms with van der Waals surface area (Å²) < 4.78 is 2.72. The van der Waals surface area contributed by atoms with Gasteiger partial charge in [0.05, 0.1) is 0 Å². The van der Waals surface area contributed by atoms with Crippen LogP contribution in [0.15, 0.2) is 39.0 Å². The number of nitrogen functional groups attached to an aromatic ring is 1. The minimum atomic E-state index is -0.00144. The zero-order chi connectivity index (χ0) is 12.1. The van der Waals surface area contributed by atoms with Gasteiger partial charge in [0.25, 0.3) is 5.56 Å². The van der Waals surface area contributed by atoms with Crippen molar-refractivity contribution in [3.8, 4) is 0 Å². The maximum Gasteiger partial charge on any atom is 0.250 e. The van der Waals surface area contributed by atoms with Gasteiger partial charge in [-0.15, -0.1) is 11.3 Å². The predicted octanol–water partition coefficient (Wildman–Crippen LogP) is 2.07. The third-order valence-electron chi connectivity index (χ3n) is 2.18. The Hall–Kier alpha value is -1.27. The van der Waals surface area contributed by atoms with Gasteiger partial charge in [0.1, 0.15) is 4.34 Å². The molecule has 0 bridgehead atoms. The number of aromatic nitrogens is 2. The summed E-state index contributed by atoms with van der Waals surface area (Å²) in [6.45, 7) is 0.697. The van der Waals surface area contributed by atoms with Crippen molar-refractivity contribution < 1.29 is 0 Å². The Morgan fingerprint density at radius 1 is 1.47 bits per heavy atom. The lowest BCUT2D eigenvalue weighted by atomic mass is 10.4. The van der Waals surface area contributed by atoms with Gasteiger partial charge >= 0.3 is 0 Å².